The Hall–Kier alpha value is 0. The molecule has 0 amide bonds. The Bertz CT molecular complexity index is 626. The van der Waals surface area contributed by atoms with E-state index >= 15 is 0 Å². The van der Waals surface area contributed by atoms with Gasteiger partial charge in [0.25, 0.3) is 0 Å². The Balaban J connectivity index is 0.000000341. The molecule has 0 aromatic heterocycles. The van der Waals surface area contributed by atoms with Crippen LogP contribution in [-0.4, -0.2) is 0 Å². The van der Waals surface area contributed by atoms with Crippen LogP contribution in [0.3, 0.4) is 0 Å². The van der Waals surface area contributed by atoms with Crippen molar-refractivity contribution < 1.29 is 0 Å². The second kappa shape index (κ2) is 35.7. The largest absolute Gasteiger partial charge is 0.0683 e. The molecule has 0 N–H and O–H groups in total. The Morgan fingerprint density at radius 3 is 0.745 bits per heavy atom. The first-order valence-electron chi connectivity index (χ1n) is 25.1. The molecule has 0 spiro atoms. The van der Waals surface area contributed by atoms with E-state index in [1.54, 1.807) is 51.4 Å². The van der Waals surface area contributed by atoms with Gasteiger partial charge in [0.2, 0.25) is 0 Å². The minimum atomic E-state index is 1.01. The van der Waals surface area contributed by atoms with Gasteiger partial charge in [0.05, 0.1) is 0 Å². The molecule has 0 aromatic rings. The van der Waals surface area contributed by atoms with E-state index in [0.717, 1.165) is 41.4 Å². The summed E-state index contributed by atoms with van der Waals surface area (Å²) in [6.45, 7) is 15.3. The molecule has 0 bridgehead atoms. The summed E-state index contributed by atoms with van der Waals surface area (Å²) in [5.41, 5.74) is 0. The van der Waals surface area contributed by atoms with Crippen LogP contribution < -0.4 is 0 Å². The van der Waals surface area contributed by atoms with Gasteiger partial charge < -0.3 is 0 Å². The lowest BCUT2D eigenvalue weighted by Crippen LogP contribution is -2.24. The summed E-state index contributed by atoms with van der Waals surface area (Å²) >= 11 is 0. The Morgan fingerprint density at radius 1 is 0.196 bits per heavy atom. The molecule has 0 heterocycles. The Morgan fingerprint density at radius 2 is 0.392 bits per heavy atom. The minimum absolute atomic E-state index is 1.01. The lowest BCUT2D eigenvalue weighted by molar-refractivity contribution is 0.153. The highest BCUT2D eigenvalue weighted by Crippen LogP contribution is 2.41. The van der Waals surface area contributed by atoms with Crippen LogP contribution in [0.1, 0.15) is 286 Å². The van der Waals surface area contributed by atoms with Gasteiger partial charge in [0.1, 0.15) is 0 Å². The Kier molecular flexibility index (Phi) is 34.3. The average Bonchev–Trinajstić information content (AvgIpc) is 3.05. The van der Waals surface area contributed by atoms with E-state index in [4.69, 9.17) is 0 Å². The van der Waals surface area contributed by atoms with Crippen LogP contribution in [0.2, 0.25) is 0 Å². The van der Waals surface area contributed by atoms with Crippen LogP contribution in [0.25, 0.3) is 0 Å². The maximum atomic E-state index is 2.47. The van der Waals surface area contributed by atoms with E-state index < -0.39 is 0 Å². The molecular formula is C51H102. The molecule has 6 saturated carbocycles. The third-order valence-electron chi connectivity index (χ3n) is 14.0. The van der Waals surface area contributed by atoms with Crippen molar-refractivity contribution >= 4 is 0 Å². The zero-order valence-electron chi connectivity index (χ0n) is 37.2. The van der Waals surface area contributed by atoms with E-state index in [2.05, 4.69) is 20.8 Å². The summed E-state index contributed by atoms with van der Waals surface area (Å²) in [7, 11) is 0. The number of hydrogen-bond acceptors (Lipinski definition) is 0. The maximum absolute atomic E-state index is 2.47. The fourth-order valence-corrected chi connectivity index (χ4v) is 10.4. The lowest BCUT2D eigenvalue weighted by Gasteiger charge is -2.36. The molecule has 6 rings (SSSR count). The van der Waals surface area contributed by atoms with E-state index in [-0.39, 0.29) is 0 Å². The summed E-state index contributed by atoms with van der Waals surface area (Å²) in [5, 5.41) is 0. The second-order valence-electron chi connectivity index (χ2n) is 18.5. The zero-order chi connectivity index (χ0) is 37.2. The minimum Gasteiger partial charge on any atom is -0.0683 e. The van der Waals surface area contributed by atoms with Gasteiger partial charge in [-0.3, -0.25) is 0 Å². The van der Waals surface area contributed by atoms with Crippen LogP contribution in [0.4, 0.5) is 0 Å². The number of hydrogen-bond donors (Lipinski definition) is 0. The summed E-state index contributed by atoms with van der Waals surface area (Å²) in [6.07, 6.45) is 56.0. The monoisotopic (exact) mass is 715 g/mol. The van der Waals surface area contributed by atoms with E-state index in [1.807, 2.05) is 27.7 Å². The third kappa shape index (κ3) is 26.4. The van der Waals surface area contributed by atoms with Gasteiger partial charge in [-0.15, -0.1) is 0 Å². The van der Waals surface area contributed by atoms with Crippen molar-refractivity contribution in [2.75, 3.05) is 0 Å². The van der Waals surface area contributed by atoms with Gasteiger partial charge in [-0.25, -0.2) is 0 Å². The molecule has 2 unspecified atom stereocenters. The van der Waals surface area contributed by atoms with Crippen molar-refractivity contribution in [2.45, 2.75) is 286 Å². The smallest absolute Gasteiger partial charge is 0.0383 e. The SMILES string of the molecule is C1CCCCCCC1.CC.CC.CC1CCCC(C2CCCCCCC2)CCC1.CC1CCCCCC(C2CCC2)C1.CC1CCCCCCC1. The molecule has 306 valence electrons. The maximum Gasteiger partial charge on any atom is -0.0383 e. The molecule has 0 aliphatic heterocycles. The molecule has 6 fully saturated rings. The molecule has 51 heavy (non-hydrogen) atoms. The van der Waals surface area contributed by atoms with Crippen LogP contribution in [0.15, 0.2) is 0 Å². The van der Waals surface area contributed by atoms with Crippen LogP contribution in [0.5, 0.6) is 0 Å². The topological polar surface area (TPSA) is 0 Å². The zero-order valence-corrected chi connectivity index (χ0v) is 37.2. The number of rotatable bonds is 2. The van der Waals surface area contributed by atoms with Crippen molar-refractivity contribution in [1.29, 1.82) is 0 Å². The van der Waals surface area contributed by atoms with Crippen molar-refractivity contribution in [1.82, 2.24) is 0 Å². The molecule has 6 aliphatic carbocycles. The fraction of sp³-hybridized carbons (Fsp3) is 1.00. The fourth-order valence-electron chi connectivity index (χ4n) is 10.4. The lowest BCUT2D eigenvalue weighted by atomic mass is 9.69. The predicted molar refractivity (Wildman–Crippen MR) is 235 cm³/mol. The van der Waals surface area contributed by atoms with E-state index in [9.17, 15) is 0 Å². The molecule has 0 heteroatoms. The highest BCUT2D eigenvalue weighted by molar-refractivity contribution is 4.80. The van der Waals surface area contributed by atoms with Gasteiger partial charge in [0.15, 0.2) is 0 Å². The molecule has 0 aromatic carbocycles. The van der Waals surface area contributed by atoms with Crippen LogP contribution >= 0.6 is 0 Å². The highest BCUT2D eigenvalue weighted by Gasteiger charge is 2.28. The summed E-state index contributed by atoms with van der Waals surface area (Å²) in [5.74, 6) is 7.50. The Labute approximate surface area is 326 Å². The molecule has 0 nitrogen and oxygen atoms in total. The van der Waals surface area contributed by atoms with Crippen LogP contribution in [-0.2, 0) is 0 Å². The first kappa shape index (κ1) is 49.0. The van der Waals surface area contributed by atoms with E-state index in [0.29, 0.717) is 0 Å². The quantitative estimate of drug-likeness (QED) is 0.267. The first-order valence-corrected chi connectivity index (χ1v) is 25.1. The molecular weight excluding hydrogens is 613 g/mol. The predicted octanol–water partition coefficient (Wildman–Crippen LogP) is 18.9. The van der Waals surface area contributed by atoms with Crippen molar-refractivity contribution in [3.63, 3.8) is 0 Å². The molecule has 0 radical (unpaired) electrons. The standard InChI is InChI=1S/C17H32.C13H24.C9H18.C8H16.2C2H6/c1-15-9-7-13-17(14-8-10-15)16-11-5-3-2-4-6-12-16;1-11-6-3-2-4-7-13(10-11)12-8-5-9-12;1-9-7-5-3-2-4-6-8-9;1-2-4-6-8-7-5-3-1;2*1-2/h15-17H,2-14H2,1H3;11-13H,2-10H2,1H3;9H,2-8H2,1H3;1-8H2;2*1-2H3. The second-order valence-corrected chi connectivity index (χ2v) is 18.5. The summed E-state index contributed by atoms with van der Waals surface area (Å²) in [4.78, 5) is 0. The molecule has 6 aliphatic rings. The normalized spacial score (nSPS) is 29.5. The van der Waals surface area contributed by atoms with Crippen molar-refractivity contribution in [3.8, 4) is 0 Å². The van der Waals surface area contributed by atoms with Gasteiger partial charge in [-0.1, -0.05) is 280 Å². The molecule has 2 atom stereocenters. The summed E-state index contributed by atoms with van der Waals surface area (Å²) in [6, 6.07) is 0. The van der Waals surface area contributed by atoms with Crippen LogP contribution in [0, 0.1) is 41.4 Å². The summed E-state index contributed by atoms with van der Waals surface area (Å²) < 4.78 is 0. The van der Waals surface area contributed by atoms with Crippen molar-refractivity contribution in [2.24, 2.45) is 41.4 Å². The van der Waals surface area contributed by atoms with E-state index in [1.165, 1.54) is 186 Å². The molecule has 0 saturated heterocycles. The highest BCUT2D eigenvalue weighted by atomic mass is 14.3. The van der Waals surface area contributed by atoms with Gasteiger partial charge in [0, 0.05) is 0 Å². The first-order chi connectivity index (χ1) is 25.1. The van der Waals surface area contributed by atoms with Gasteiger partial charge in [-0.05, 0) is 47.8 Å². The van der Waals surface area contributed by atoms with Gasteiger partial charge in [-0.2, -0.15) is 0 Å². The average molecular weight is 715 g/mol. The third-order valence-corrected chi connectivity index (χ3v) is 14.0. The van der Waals surface area contributed by atoms with Gasteiger partial charge >= 0.3 is 0 Å². The van der Waals surface area contributed by atoms with Crippen molar-refractivity contribution in [3.05, 3.63) is 0 Å².